The van der Waals surface area contributed by atoms with Crippen molar-refractivity contribution in [2.24, 2.45) is 0 Å². The second kappa shape index (κ2) is 3.15. The van der Waals surface area contributed by atoms with Crippen LogP contribution in [0.5, 0.6) is 0 Å². The molecule has 0 aromatic heterocycles. The minimum atomic E-state index is -1.19. The summed E-state index contributed by atoms with van der Waals surface area (Å²) in [5, 5.41) is 26.9. The van der Waals surface area contributed by atoms with Gasteiger partial charge in [-0.25, -0.2) is 0 Å². The molecular weight excluding hydrogens is 204 g/mol. The molecule has 10 heavy (non-hydrogen) atoms. The molecule has 0 unspecified atom stereocenters. The van der Waals surface area contributed by atoms with Gasteiger partial charge < -0.3 is 20.1 Å². The zero-order chi connectivity index (χ0) is 7.72. The van der Waals surface area contributed by atoms with Crippen LogP contribution in [-0.4, -0.2) is 45.3 Å². The zero-order valence-corrected chi connectivity index (χ0v) is 6.73. The Bertz CT molecular complexity index is 106. The SMILES string of the molecule is O[C@H]1[C@H](Br)[C@@H](O)CO[C@@H]1O. The molecule has 1 aliphatic heterocycles. The Hall–Kier alpha value is 0.320. The van der Waals surface area contributed by atoms with Gasteiger partial charge in [-0.2, -0.15) is 0 Å². The molecule has 0 amide bonds. The van der Waals surface area contributed by atoms with Gasteiger partial charge in [0, 0.05) is 0 Å². The van der Waals surface area contributed by atoms with Gasteiger partial charge in [-0.15, -0.1) is 0 Å². The van der Waals surface area contributed by atoms with E-state index < -0.39 is 23.3 Å². The van der Waals surface area contributed by atoms with Gasteiger partial charge in [0.2, 0.25) is 0 Å². The minimum Gasteiger partial charge on any atom is -0.389 e. The predicted octanol–water partition coefficient (Wildman–Crippen LogP) is -1.18. The molecule has 1 saturated heterocycles. The molecule has 0 aromatic rings. The molecule has 0 aromatic carbocycles. The molecule has 3 N–H and O–H groups in total. The summed E-state index contributed by atoms with van der Waals surface area (Å²) in [4.78, 5) is -0.503. The first-order valence-corrected chi connectivity index (χ1v) is 3.84. The summed E-state index contributed by atoms with van der Waals surface area (Å²) in [6.45, 7) is 0.0497. The lowest BCUT2D eigenvalue weighted by Crippen LogP contribution is -2.49. The summed E-state index contributed by atoms with van der Waals surface area (Å²) in [6, 6.07) is 0. The number of ether oxygens (including phenoxy) is 1. The molecule has 5 heteroatoms. The van der Waals surface area contributed by atoms with Gasteiger partial charge in [0.05, 0.1) is 17.5 Å². The fourth-order valence-electron chi connectivity index (χ4n) is 0.773. The van der Waals surface area contributed by atoms with E-state index in [4.69, 9.17) is 15.3 Å². The smallest absolute Gasteiger partial charge is 0.182 e. The van der Waals surface area contributed by atoms with E-state index in [9.17, 15) is 0 Å². The highest BCUT2D eigenvalue weighted by atomic mass is 79.9. The van der Waals surface area contributed by atoms with Crippen molar-refractivity contribution in [3.05, 3.63) is 0 Å². The van der Waals surface area contributed by atoms with E-state index in [2.05, 4.69) is 20.7 Å². The van der Waals surface area contributed by atoms with Gasteiger partial charge >= 0.3 is 0 Å². The van der Waals surface area contributed by atoms with Gasteiger partial charge in [0.25, 0.3) is 0 Å². The van der Waals surface area contributed by atoms with Gasteiger partial charge in [0.15, 0.2) is 6.29 Å². The van der Waals surface area contributed by atoms with Gasteiger partial charge in [-0.05, 0) is 0 Å². The summed E-state index contributed by atoms with van der Waals surface area (Å²) in [5.74, 6) is 0. The van der Waals surface area contributed by atoms with Gasteiger partial charge in [-0.3, -0.25) is 0 Å². The summed E-state index contributed by atoms with van der Waals surface area (Å²) in [6.07, 6.45) is -2.99. The van der Waals surface area contributed by atoms with Crippen molar-refractivity contribution in [2.45, 2.75) is 23.3 Å². The van der Waals surface area contributed by atoms with E-state index in [0.29, 0.717) is 0 Å². The molecular formula is C5H9BrO4. The monoisotopic (exact) mass is 212 g/mol. The van der Waals surface area contributed by atoms with Crippen LogP contribution in [0.3, 0.4) is 0 Å². The van der Waals surface area contributed by atoms with Crippen molar-refractivity contribution in [1.29, 1.82) is 0 Å². The Morgan fingerprint density at radius 3 is 2.40 bits per heavy atom. The Kier molecular flexibility index (Phi) is 2.65. The van der Waals surface area contributed by atoms with Crippen LogP contribution in [0.2, 0.25) is 0 Å². The Labute approximate surface area is 66.6 Å². The van der Waals surface area contributed by atoms with Gasteiger partial charge in [-0.1, -0.05) is 15.9 Å². The largest absolute Gasteiger partial charge is 0.389 e. The number of hydrogen-bond acceptors (Lipinski definition) is 4. The molecule has 1 aliphatic rings. The molecule has 1 rings (SSSR count). The number of hydrogen-bond donors (Lipinski definition) is 3. The third-order valence-corrected chi connectivity index (χ3v) is 2.58. The highest BCUT2D eigenvalue weighted by Crippen LogP contribution is 2.20. The highest BCUT2D eigenvalue weighted by Gasteiger charge is 2.35. The number of rotatable bonds is 0. The molecule has 0 bridgehead atoms. The molecule has 0 spiro atoms. The summed E-state index contributed by atoms with van der Waals surface area (Å²) < 4.78 is 4.60. The van der Waals surface area contributed by atoms with E-state index in [-0.39, 0.29) is 6.61 Å². The van der Waals surface area contributed by atoms with Crippen molar-refractivity contribution >= 4 is 15.9 Å². The van der Waals surface area contributed by atoms with E-state index in [1.165, 1.54) is 0 Å². The van der Waals surface area contributed by atoms with Crippen LogP contribution in [0.4, 0.5) is 0 Å². The van der Waals surface area contributed by atoms with E-state index in [1.54, 1.807) is 0 Å². The molecule has 1 heterocycles. The van der Waals surface area contributed by atoms with Gasteiger partial charge in [0.1, 0.15) is 6.10 Å². The molecule has 60 valence electrons. The first kappa shape index (κ1) is 8.42. The van der Waals surface area contributed by atoms with E-state index in [0.717, 1.165) is 0 Å². The third-order valence-electron chi connectivity index (χ3n) is 1.42. The minimum absolute atomic E-state index is 0.0497. The second-order valence-corrected chi connectivity index (χ2v) is 3.28. The third kappa shape index (κ3) is 1.49. The Balaban J connectivity index is 2.52. The number of alkyl halides is 1. The number of aliphatic hydroxyl groups excluding tert-OH is 3. The molecule has 0 radical (unpaired) electrons. The zero-order valence-electron chi connectivity index (χ0n) is 5.14. The summed E-state index contributed by atoms with van der Waals surface area (Å²) >= 11 is 3.02. The predicted molar refractivity (Wildman–Crippen MR) is 36.7 cm³/mol. The van der Waals surface area contributed by atoms with E-state index >= 15 is 0 Å². The fourth-order valence-corrected chi connectivity index (χ4v) is 1.19. The Morgan fingerprint density at radius 1 is 1.30 bits per heavy atom. The van der Waals surface area contributed by atoms with E-state index in [1.807, 2.05) is 0 Å². The number of aliphatic hydroxyl groups is 3. The fraction of sp³-hybridized carbons (Fsp3) is 1.00. The average molecular weight is 213 g/mol. The molecule has 0 aliphatic carbocycles. The standard InChI is InChI=1S/C5H9BrO4/c6-3-2(7)1-10-5(9)4(3)8/h2-5,7-9H,1H2/t2-,3+,4-,5-/m0/s1. The van der Waals surface area contributed by atoms with Crippen molar-refractivity contribution in [3.63, 3.8) is 0 Å². The lowest BCUT2D eigenvalue weighted by Gasteiger charge is -2.31. The lowest BCUT2D eigenvalue weighted by molar-refractivity contribution is -0.207. The molecule has 4 atom stereocenters. The van der Waals surface area contributed by atoms with Crippen LogP contribution in [0.25, 0.3) is 0 Å². The van der Waals surface area contributed by atoms with Crippen molar-refractivity contribution < 1.29 is 20.1 Å². The maximum absolute atomic E-state index is 9.03. The number of halogens is 1. The topological polar surface area (TPSA) is 69.9 Å². The summed E-state index contributed by atoms with van der Waals surface area (Å²) in [5.41, 5.74) is 0. The molecule has 4 nitrogen and oxygen atoms in total. The van der Waals surface area contributed by atoms with Crippen molar-refractivity contribution in [3.8, 4) is 0 Å². The maximum Gasteiger partial charge on any atom is 0.182 e. The molecule has 0 saturated carbocycles. The van der Waals surface area contributed by atoms with Crippen LogP contribution in [0.1, 0.15) is 0 Å². The van der Waals surface area contributed by atoms with Crippen LogP contribution < -0.4 is 0 Å². The quantitative estimate of drug-likeness (QED) is 0.443. The van der Waals surface area contributed by atoms with Crippen LogP contribution in [-0.2, 0) is 4.74 Å². The molecule has 1 fully saturated rings. The Morgan fingerprint density at radius 2 is 1.90 bits per heavy atom. The van der Waals surface area contributed by atoms with Crippen LogP contribution in [0.15, 0.2) is 0 Å². The first-order chi connectivity index (χ1) is 4.63. The normalized spacial score (nSPS) is 49.2. The van der Waals surface area contributed by atoms with Crippen LogP contribution in [0, 0.1) is 0 Å². The van der Waals surface area contributed by atoms with Crippen molar-refractivity contribution in [2.75, 3.05) is 6.61 Å². The maximum atomic E-state index is 9.03. The first-order valence-electron chi connectivity index (χ1n) is 2.93. The second-order valence-electron chi connectivity index (χ2n) is 2.23. The lowest BCUT2D eigenvalue weighted by atomic mass is 10.1. The highest BCUT2D eigenvalue weighted by molar-refractivity contribution is 9.09. The van der Waals surface area contributed by atoms with Crippen molar-refractivity contribution in [1.82, 2.24) is 0 Å². The van der Waals surface area contributed by atoms with Crippen LogP contribution >= 0.6 is 15.9 Å². The average Bonchev–Trinajstić information content (AvgIpc) is 1.93. The summed E-state index contributed by atoms with van der Waals surface area (Å²) in [7, 11) is 0.